The Bertz CT molecular complexity index is 704. The smallest absolute Gasteiger partial charge is 0.270 e. The van der Waals surface area contributed by atoms with E-state index in [-0.39, 0.29) is 23.2 Å². The zero-order valence-electron chi connectivity index (χ0n) is 14.5. The molecule has 2 rings (SSSR count). The lowest BCUT2D eigenvalue weighted by Crippen LogP contribution is -2.29. The second kappa shape index (κ2) is 9.48. The fourth-order valence-corrected chi connectivity index (χ4v) is 2.14. The molecule has 0 atom stereocenters. The van der Waals surface area contributed by atoms with Crippen LogP contribution in [0.2, 0.25) is 0 Å². The van der Waals surface area contributed by atoms with Crippen LogP contribution in [0.15, 0.2) is 42.6 Å². The standard InChI is InChI=1S/C18H23N5O2/c1-23(2)12-6-11-20-17(24)15-8-5-9-16(22-15)18(25)21-13-14-7-3-4-10-19-14/h3-5,7-10H,6,11-13H2,1-2H3,(H,20,24)(H,21,25). The van der Waals surface area contributed by atoms with Crippen LogP contribution in [-0.2, 0) is 6.54 Å². The first-order chi connectivity index (χ1) is 12.1. The van der Waals surface area contributed by atoms with Crippen LogP contribution in [0.1, 0.15) is 33.1 Å². The summed E-state index contributed by atoms with van der Waals surface area (Å²) in [5.74, 6) is -0.619. The van der Waals surface area contributed by atoms with Crippen LogP contribution < -0.4 is 10.6 Å². The minimum absolute atomic E-state index is 0.205. The van der Waals surface area contributed by atoms with Crippen LogP contribution in [0, 0.1) is 0 Å². The molecule has 0 aliphatic carbocycles. The minimum atomic E-state index is -0.340. The molecule has 7 heteroatoms. The van der Waals surface area contributed by atoms with Gasteiger partial charge in [0.15, 0.2) is 0 Å². The maximum absolute atomic E-state index is 12.2. The summed E-state index contributed by atoms with van der Waals surface area (Å²) in [4.78, 5) is 34.6. The maximum atomic E-state index is 12.2. The monoisotopic (exact) mass is 341 g/mol. The molecule has 0 saturated carbocycles. The van der Waals surface area contributed by atoms with Crippen LogP contribution in [0.25, 0.3) is 0 Å². The van der Waals surface area contributed by atoms with Crippen molar-refractivity contribution in [2.45, 2.75) is 13.0 Å². The van der Waals surface area contributed by atoms with E-state index in [1.807, 2.05) is 32.3 Å². The van der Waals surface area contributed by atoms with E-state index in [0.29, 0.717) is 13.1 Å². The van der Waals surface area contributed by atoms with Gasteiger partial charge in [0.2, 0.25) is 0 Å². The molecular formula is C18H23N5O2. The largest absolute Gasteiger partial charge is 0.351 e. The number of nitrogens with one attached hydrogen (secondary N) is 2. The van der Waals surface area contributed by atoms with Gasteiger partial charge < -0.3 is 15.5 Å². The first-order valence-electron chi connectivity index (χ1n) is 8.14. The number of carbonyl (C=O) groups is 2. The van der Waals surface area contributed by atoms with Crippen molar-refractivity contribution in [2.24, 2.45) is 0 Å². The molecular weight excluding hydrogens is 318 g/mol. The number of carbonyl (C=O) groups excluding carboxylic acids is 2. The molecule has 0 fully saturated rings. The molecule has 2 N–H and O–H groups in total. The Morgan fingerprint density at radius 2 is 1.72 bits per heavy atom. The molecule has 2 heterocycles. The second-order valence-corrected chi connectivity index (χ2v) is 5.82. The fraction of sp³-hybridized carbons (Fsp3) is 0.333. The van der Waals surface area contributed by atoms with Crippen molar-refractivity contribution in [3.63, 3.8) is 0 Å². The van der Waals surface area contributed by atoms with Crippen LogP contribution in [0.5, 0.6) is 0 Å². The van der Waals surface area contributed by atoms with Crippen molar-refractivity contribution in [1.29, 1.82) is 0 Å². The summed E-state index contributed by atoms with van der Waals surface area (Å²) in [6.45, 7) is 1.76. The molecule has 25 heavy (non-hydrogen) atoms. The summed E-state index contributed by atoms with van der Waals surface area (Å²) in [6.07, 6.45) is 2.52. The highest BCUT2D eigenvalue weighted by molar-refractivity contribution is 5.96. The van der Waals surface area contributed by atoms with Gasteiger partial charge in [0.1, 0.15) is 11.4 Å². The van der Waals surface area contributed by atoms with Crippen molar-refractivity contribution < 1.29 is 9.59 Å². The minimum Gasteiger partial charge on any atom is -0.351 e. The topological polar surface area (TPSA) is 87.2 Å². The predicted octanol–water partition coefficient (Wildman–Crippen LogP) is 1.09. The van der Waals surface area contributed by atoms with Gasteiger partial charge >= 0.3 is 0 Å². The van der Waals surface area contributed by atoms with Gasteiger partial charge in [0.25, 0.3) is 11.8 Å². The summed E-state index contributed by atoms with van der Waals surface area (Å²) in [7, 11) is 3.97. The van der Waals surface area contributed by atoms with E-state index in [2.05, 4.69) is 25.5 Å². The number of hydrogen-bond acceptors (Lipinski definition) is 5. The molecule has 0 aliphatic heterocycles. The third-order valence-corrected chi connectivity index (χ3v) is 3.44. The maximum Gasteiger partial charge on any atom is 0.270 e. The van der Waals surface area contributed by atoms with Gasteiger partial charge in [-0.3, -0.25) is 14.6 Å². The number of amides is 2. The SMILES string of the molecule is CN(C)CCCNC(=O)c1cccc(C(=O)NCc2ccccn2)n1. The van der Waals surface area contributed by atoms with E-state index in [9.17, 15) is 9.59 Å². The molecule has 2 aromatic rings. The third-order valence-electron chi connectivity index (χ3n) is 3.44. The molecule has 0 aromatic carbocycles. The zero-order chi connectivity index (χ0) is 18.1. The van der Waals surface area contributed by atoms with Crippen molar-refractivity contribution in [1.82, 2.24) is 25.5 Å². The van der Waals surface area contributed by atoms with E-state index < -0.39 is 0 Å². The molecule has 0 unspecified atom stereocenters. The molecule has 2 aromatic heterocycles. The number of pyridine rings is 2. The second-order valence-electron chi connectivity index (χ2n) is 5.82. The highest BCUT2D eigenvalue weighted by Crippen LogP contribution is 2.01. The Kier molecular flexibility index (Phi) is 7.03. The lowest BCUT2D eigenvalue weighted by atomic mass is 10.2. The normalized spacial score (nSPS) is 10.5. The Morgan fingerprint density at radius 3 is 2.36 bits per heavy atom. The van der Waals surface area contributed by atoms with Gasteiger partial charge in [0.05, 0.1) is 12.2 Å². The van der Waals surface area contributed by atoms with Crippen LogP contribution in [-0.4, -0.2) is 53.9 Å². The summed E-state index contributed by atoms with van der Waals surface area (Å²) in [6, 6.07) is 10.3. The number of nitrogens with zero attached hydrogens (tertiary/aromatic N) is 3. The number of hydrogen-bond donors (Lipinski definition) is 2. The van der Waals surface area contributed by atoms with Gasteiger partial charge in [0, 0.05) is 12.7 Å². The number of aromatic nitrogens is 2. The predicted molar refractivity (Wildman–Crippen MR) is 95.1 cm³/mol. The van der Waals surface area contributed by atoms with Gasteiger partial charge in [-0.05, 0) is 51.3 Å². The highest BCUT2D eigenvalue weighted by Gasteiger charge is 2.12. The van der Waals surface area contributed by atoms with Crippen LogP contribution in [0.3, 0.4) is 0 Å². The summed E-state index contributed by atoms with van der Waals surface area (Å²) in [5.41, 5.74) is 1.19. The summed E-state index contributed by atoms with van der Waals surface area (Å²) >= 11 is 0. The third kappa shape index (κ3) is 6.31. The first kappa shape index (κ1) is 18.5. The molecule has 0 aliphatic rings. The lowest BCUT2D eigenvalue weighted by Gasteiger charge is -2.10. The fourth-order valence-electron chi connectivity index (χ4n) is 2.14. The molecule has 2 amide bonds. The molecule has 0 radical (unpaired) electrons. The first-order valence-corrected chi connectivity index (χ1v) is 8.14. The van der Waals surface area contributed by atoms with E-state index in [0.717, 1.165) is 18.7 Å². The van der Waals surface area contributed by atoms with E-state index in [1.165, 1.54) is 0 Å². The van der Waals surface area contributed by atoms with Crippen molar-refractivity contribution in [3.05, 3.63) is 59.7 Å². The quantitative estimate of drug-likeness (QED) is 0.702. The average Bonchev–Trinajstić information content (AvgIpc) is 2.64. The molecule has 132 valence electrons. The van der Waals surface area contributed by atoms with E-state index in [1.54, 1.807) is 24.4 Å². The van der Waals surface area contributed by atoms with Gasteiger partial charge in [-0.1, -0.05) is 12.1 Å². The van der Waals surface area contributed by atoms with Crippen molar-refractivity contribution >= 4 is 11.8 Å². The zero-order valence-corrected chi connectivity index (χ0v) is 14.5. The van der Waals surface area contributed by atoms with Gasteiger partial charge in [-0.25, -0.2) is 4.98 Å². The van der Waals surface area contributed by atoms with E-state index in [4.69, 9.17) is 0 Å². The van der Waals surface area contributed by atoms with Gasteiger partial charge in [-0.2, -0.15) is 0 Å². The Morgan fingerprint density at radius 1 is 1.00 bits per heavy atom. The van der Waals surface area contributed by atoms with Crippen LogP contribution >= 0.6 is 0 Å². The van der Waals surface area contributed by atoms with Crippen molar-refractivity contribution in [3.8, 4) is 0 Å². The Labute approximate surface area is 147 Å². The van der Waals surface area contributed by atoms with Crippen molar-refractivity contribution in [2.75, 3.05) is 27.2 Å². The lowest BCUT2D eigenvalue weighted by molar-refractivity contribution is 0.0942. The molecule has 0 spiro atoms. The average molecular weight is 341 g/mol. The Balaban J connectivity index is 1.88. The molecule has 0 saturated heterocycles. The number of rotatable bonds is 8. The van der Waals surface area contributed by atoms with Crippen LogP contribution in [0.4, 0.5) is 0 Å². The molecule has 7 nitrogen and oxygen atoms in total. The van der Waals surface area contributed by atoms with E-state index >= 15 is 0 Å². The highest BCUT2D eigenvalue weighted by atomic mass is 16.2. The van der Waals surface area contributed by atoms with Gasteiger partial charge in [-0.15, -0.1) is 0 Å². The summed E-state index contributed by atoms with van der Waals surface area (Å²) < 4.78 is 0. The Hall–Kier alpha value is -2.80. The molecule has 0 bridgehead atoms. The summed E-state index contributed by atoms with van der Waals surface area (Å²) in [5, 5.41) is 5.55.